The van der Waals surface area contributed by atoms with Crippen LogP contribution in [0.3, 0.4) is 0 Å². The van der Waals surface area contributed by atoms with Crippen molar-refractivity contribution in [1.29, 1.82) is 0 Å². The number of benzene rings is 1. The molecule has 0 amide bonds. The third kappa shape index (κ3) is 5.73. The molecule has 0 radical (unpaired) electrons. The van der Waals surface area contributed by atoms with E-state index in [0.717, 1.165) is 25.0 Å². The number of ether oxygens (including phenoxy) is 3. The van der Waals surface area contributed by atoms with Gasteiger partial charge in [-0.2, -0.15) is 12.6 Å². The fourth-order valence-electron chi connectivity index (χ4n) is 1.86. The Morgan fingerprint density at radius 3 is 2.59 bits per heavy atom. The van der Waals surface area contributed by atoms with Gasteiger partial charge in [0.1, 0.15) is 0 Å². The Labute approximate surface area is 136 Å². The summed E-state index contributed by atoms with van der Waals surface area (Å²) < 4.78 is 16.2. The average Bonchev–Trinajstić information content (AvgIpc) is 2.52. The number of hydrogen-bond donors (Lipinski definition) is 1. The number of unbranched alkanes of at least 4 members (excludes halogenated alkanes) is 1. The van der Waals surface area contributed by atoms with E-state index in [1.807, 2.05) is 6.92 Å². The van der Waals surface area contributed by atoms with Crippen LogP contribution >= 0.6 is 12.6 Å². The molecule has 0 N–H and O–H groups in total. The molecule has 124 valence electrons. The highest BCUT2D eigenvalue weighted by atomic mass is 32.1. The molecule has 1 aromatic carbocycles. The molecule has 0 aliphatic carbocycles. The zero-order valence-electron chi connectivity index (χ0n) is 13.0. The predicted molar refractivity (Wildman–Crippen MR) is 88.2 cm³/mol. The Balaban J connectivity index is 2.87. The summed E-state index contributed by atoms with van der Waals surface area (Å²) in [6.45, 7) is 3.17. The van der Waals surface area contributed by atoms with Crippen molar-refractivity contribution in [3.05, 3.63) is 27.8 Å². The first-order valence-electron chi connectivity index (χ1n) is 7.30. The van der Waals surface area contributed by atoms with E-state index in [1.54, 1.807) is 6.07 Å². The SMILES string of the molecule is CCCOc1cc([N+](=O)[O-])c(COCCCCS)cc1OC. The first kappa shape index (κ1) is 18.6. The van der Waals surface area contributed by atoms with Crippen molar-refractivity contribution < 1.29 is 19.1 Å². The minimum atomic E-state index is -0.426. The summed E-state index contributed by atoms with van der Waals surface area (Å²) in [6, 6.07) is 3.02. The maximum absolute atomic E-state index is 11.2. The topological polar surface area (TPSA) is 70.8 Å². The lowest BCUT2D eigenvalue weighted by atomic mass is 10.1. The highest BCUT2D eigenvalue weighted by Crippen LogP contribution is 2.35. The van der Waals surface area contributed by atoms with Gasteiger partial charge < -0.3 is 14.2 Å². The van der Waals surface area contributed by atoms with Gasteiger partial charge in [0, 0.05) is 6.61 Å². The molecule has 0 saturated carbocycles. The Kier molecular flexibility index (Phi) is 8.69. The van der Waals surface area contributed by atoms with Gasteiger partial charge in [0.15, 0.2) is 11.5 Å². The summed E-state index contributed by atoms with van der Waals surface area (Å²) in [7, 11) is 1.51. The van der Waals surface area contributed by atoms with Gasteiger partial charge in [0.25, 0.3) is 5.69 Å². The van der Waals surface area contributed by atoms with E-state index in [4.69, 9.17) is 14.2 Å². The van der Waals surface area contributed by atoms with Crippen LogP contribution in [0.2, 0.25) is 0 Å². The minimum Gasteiger partial charge on any atom is -0.493 e. The minimum absolute atomic E-state index is 0.0129. The normalized spacial score (nSPS) is 10.5. The molecule has 0 unspecified atom stereocenters. The first-order valence-corrected chi connectivity index (χ1v) is 7.94. The highest BCUT2D eigenvalue weighted by molar-refractivity contribution is 7.80. The monoisotopic (exact) mass is 329 g/mol. The molecule has 0 aliphatic rings. The molecule has 7 heteroatoms. The van der Waals surface area contributed by atoms with Crippen molar-refractivity contribution in [2.24, 2.45) is 0 Å². The Morgan fingerprint density at radius 2 is 2.00 bits per heavy atom. The van der Waals surface area contributed by atoms with Crippen LogP contribution in [0.25, 0.3) is 0 Å². The molecule has 0 fully saturated rings. The van der Waals surface area contributed by atoms with Gasteiger partial charge in [-0.15, -0.1) is 0 Å². The van der Waals surface area contributed by atoms with Crippen LogP contribution in [-0.4, -0.2) is 31.0 Å². The smallest absolute Gasteiger partial charge is 0.278 e. The Bertz CT molecular complexity index is 481. The van der Waals surface area contributed by atoms with E-state index < -0.39 is 4.92 Å². The molecule has 0 bridgehead atoms. The number of nitro groups is 1. The second-order valence-corrected chi connectivity index (χ2v) is 5.17. The number of nitrogens with zero attached hydrogens (tertiary/aromatic N) is 1. The number of methoxy groups -OCH3 is 1. The van der Waals surface area contributed by atoms with E-state index in [1.165, 1.54) is 13.2 Å². The van der Waals surface area contributed by atoms with Gasteiger partial charge in [-0.05, 0) is 31.1 Å². The molecular weight excluding hydrogens is 306 g/mol. The molecule has 0 aliphatic heterocycles. The van der Waals surface area contributed by atoms with Gasteiger partial charge in [0.2, 0.25) is 0 Å². The largest absolute Gasteiger partial charge is 0.493 e. The van der Waals surface area contributed by atoms with Crippen LogP contribution < -0.4 is 9.47 Å². The van der Waals surface area contributed by atoms with Crippen LogP contribution in [0, 0.1) is 10.1 Å². The molecule has 0 saturated heterocycles. The van der Waals surface area contributed by atoms with E-state index in [0.29, 0.717) is 30.3 Å². The third-order valence-electron chi connectivity index (χ3n) is 2.98. The van der Waals surface area contributed by atoms with Crippen molar-refractivity contribution in [2.45, 2.75) is 32.8 Å². The quantitative estimate of drug-likeness (QED) is 0.290. The van der Waals surface area contributed by atoms with Crippen LogP contribution in [-0.2, 0) is 11.3 Å². The van der Waals surface area contributed by atoms with E-state index in [-0.39, 0.29) is 12.3 Å². The van der Waals surface area contributed by atoms with E-state index in [9.17, 15) is 10.1 Å². The number of nitro benzene ring substituents is 1. The number of hydrogen-bond acceptors (Lipinski definition) is 6. The maximum atomic E-state index is 11.2. The summed E-state index contributed by atoms with van der Waals surface area (Å²) in [5.74, 6) is 1.67. The second kappa shape index (κ2) is 10.3. The Morgan fingerprint density at radius 1 is 1.23 bits per heavy atom. The van der Waals surface area contributed by atoms with Crippen LogP contribution in [0.5, 0.6) is 11.5 Å². The lowest BCUT2D eigenvalue weighted by Crippen LogP contribution is -2.04. The van der Waals surface area contributed by atoms with Gasteiger partial charge in [-0.25, -0.2) is 0 Å². The third-order valence-corrected chi connectivity index (χ3v) is 3.29. The lowest BCUT2D eigenvalue weighted by molar-refractivity contribution is -0.386. The molecule has 22 heavy (non-hydrogen) atoms. The van der Waals surface area contributed by atoms with Crippen LogP contribution in [0.15, 0.2) is 12.1 Å². The van der Waals surface area contributed by atoms with Gasteiger partial charge in [-0.3, -0.25) is 10.1 Å². The molecule has 0 aromatic heterocycles. The first-order chi connectivity index (χ1) is 10.6. The molecule has 0 spiro atoms. The molecule has 0 atom stereocenters. The van der Waals surface area contributed by atoms with Crippen molar-refractivity contribution in [3.8, 4) is 11.5 Å². The molecule has 0 heterocycles. The molecular formula is C15H23NO5S. The van der Waals surface area contributed by atoms with Crippen molar-refractivity contribution in [3.63, 3.8) is 0 Å². The van der Waals surface area contributed by atoms with Crippen molar-refractivity contribution >= 4 is 18.3 Å². The summed E-state index contributed by atoms with van der Waals surface area (Å²) in [6.07, 6.45) is 2.65. The Hall–Kier alpha value is -1.47. The molecule has 1 aromatic rings. The van der Waals surface area contributed by atoms with Gasteiger partial charge in [0.05, 0.1) is 36.9 Å². The van der Waals surface area contributed by atoms with Crippen LogP contribution in [0.1, 0.15) is 31.7 Å². The van der Waals surface area contributed by atoms with Crippen molar-refractivity contribution in [1.82, 2.24) is 0 Å². The fraction of sp³-hybridized carbons (Fsp3) is 0.600. The lowest BCUT2D eigenvalue weighted by Gasteiger charge is -2.12. The highest BCUT2D eigenvalue weighted by Gasteiger charge is 2.19. The zero-order valence-corrected chi connectivity index (χ0v) is 13.9. The summed E-state index contributed by atoms with van der Waals surface area (Å²) in [4.78, 5) is 10.8. The fourth-order valence-corrected chi connectivity index (χ4v) is 2.08. The standard InChI is InChI=1S/C15H23NO5S/c1-3-6-21-15-10-13(16(17)18)12(9-14(15)19-2)11-20-7-4-5-8-22/h9-10,22H,3-8,11H2,1-2H3. The van der Waals surface area contributed by atoms with Crippen LogP contribution in [0.4, 0.5) is 5.69 Å². The number of rotatable bonds is 11. The molecule has 6 nitrogen and oxygen atoms in total. The summed E-state index contributed by atoms with van der Waals surface area (Å²) >= 11 is 4.13. The van der Waals surface area contributed by atoms with Crippen molar-refractivity contribution in [2.75, 3.05) is 26.1 Å². The zero-order chi connectivity index (χ0) is 16.4. The number of thiol groups is 1. The summed E-state index contributed by atoms with van der Waals surface area (Å²) in [5.41, 5.74) is 0.470. The van der Waals surface area contributed by atoms with Gasteiger partial charge in [-0.1, -0.05) is 6.92 Å². The van der Waals surface area contributed by atoms with E-state index >= 15 is 0 Å². The second-order valence-electron chi connectivity index (χ2n) is 4.72. The summed E-state index contributed by atoms with van der Waals surface area (Å²) in [5, 5.41) is 11.2. The maximum Gasteiger partial charge on any atom is 0.278 e. The van der Waals surface area contributed by atoms with E-state index in [2.05, 4.69) is 12.6 Å². The van der Waals surface area contributed by atoms with Gasteiger partial charge >= 0.3 is 0 Å². The predicted octanol–water partition coefficient (Wildman–Crippen LogP) is 3.62. The molecule has 1 rings (SSSR count). The average molecular weight is 329 g/mol.